The molecule has 0 radical (unpaired) electrons. The summed E-state index contributed by atoms with van der Waals surface area (Å²) in [5, 5.41) is 16.0. The smallest absolute Gasteiger partial charge is 0.315 e. The largest absolute Gasteiger partial charge is 0.467 e. The minimum Gasteiger partial charge on any atom is -0.467 e. The van der Waals surface area contributed by atoms with Crippen LogP contribution in [0, 0.1) is 0 Å². The first-order chi connectivity index (χ1) is 10.6. The summed E-state index contributed by atoms with van der Waals surface area (Å²) in [6, 6.07) is 10.2. The van der Waals surface area contributed by atoms with Crippen molar-refractivity contribution < 1.29 is 14.3 Å². The van der Waals surface area contributed by atoms with Gasteiger partial charge in [0.25, 0.3) is 0 Å². The number of amides is 2. The maximum atomic E-state index is 11.9. The Labute approximate surface area is 134 Å². The van der Waals surface area contributed by atoms with Gasteiger partial charge in [-0.25, -0.2) is 4.79 Å². The molecule has 2 unspecified atom stereocenters. The van der Waals surface area contributed by atoms with Crippen LogP contribution in [0.4, 0.5) is 4.79 Å². The highest BCUT2D eigenvalue weighted by Crippen LogP contribution is 2.20. The Morgan fingerprint density at radius 1 is 1.36 bits per heavy atom. The number of nitrogens with one attached hydrogen (secondary N) is 2. The molecule has 2 aromatic rings. The molecule has 0 saturated heterocycles. The first-order valence-electron chi connectivity index (χ1n) is 7.11. The van der Waals surface area contributed by atoms with E-state index in [4.69, 9.17) is 16.0 Å². The number of aliphatic hydroxyl groups excluding tert-OH is 1. The van der Waals surface area contributed by atoms with Gasteiger partial charge < -0.3 is 20.2 Å². The Morgan fingerprint density at radius 3 is 2.82 bits per heavy atom. The number of carbonyl (C=O) groups excluding carboxylic acids is 1. The number of hydrogen-bond acceptors (Lipinski definition) is 3. The van der Waals surface area contributed by atoms with Crippen molar-refractivity contribution in [1.82, 2.24) is 10.6 Å². The molecule has 0 spiro atoms. The number of carbonyl (C=O) groups is 1. The summed E-state index contributed by atoms with van der Waals surface area (Å²) >= 11 is 5.97. The molecule has 0 saturated carbocycles. The molecule has 2 amide bonds. The molecule has 2 rings (SSSR count). The predicted molar refractivity (Wildman–Crippen MR) is 84.7 cm³/mol. The number of aliphatic hydroxyl groups is 1. The molecule has 0 fully saturated rings. The van der Waals surface area contributed by atoms with Crippen molar-refractivity contribution in [3.63, 3.8) is 0 Å². The summed E-state index contributed by atoms with van der Waals surface area (Å²) in [6.07, 6.45) is 1.34. The van der Waals surface area contributed by atoms with Crippen molar-refractivity contribution in [1.29, 1.82) is 0 Å². The second kappa shape index (κ2) is 7.87. The van der Waals surface area contributed by atoms with Crippen LogP contribution >= 0.6 is 11.6 Å². The third-order valence-corrected chi connectivity index (χ3v) is 3.53. The topological polar surface area (TPSA) is 74.5 Å². The highest BCUT2D eigenvalue weighted by atomic mass is 35.5. The number of furan rings is 1. The fraction of sp³-hybridized carbons (Fsp3) is 0.312. The number of benzene rings is 1. The van der Waals surface area contributed by atoms with Gasteiger partial charge >= 0.3 is 6.03 Å². The van der Waals surface area contributed by atoms with Gasteiger partial charge in [0.2, 0.25) is 0 Å². The van der Waals surface area contributed by atoms with Crippen molar-refractivity contribution in [3.05, 3.63) is 59.0 Å². The summed E-state index contributed by atoms with van der Waals surface area (Å²) in [4.78, 5) is 11.9. The van der Waals surface area contributed by atoms with Crippen LogP contribution in [-0.4, -0.2) is 17.7 Å². The maximum absolute atomic E-state index is 11.9. The van der Waals surface area contributed by atoms with Gasteiger partial charge in [-0.2, -0.15) is 0 Å². The molecule has 0 aliphatic rings. The minimum absolute atomic E-state index is 0.0747. The molecule has 2 atom stereocenters. The van der Waals surface area contributed by atoms with E-state index >= 15 is 0 Å². The summed E-state index contributed by atoms with van der Waals surface area (Å²) in [7, 11) is 0. The zero-order chi connectivity index (χ0) is 15.9. The van der Waals surface area contributed by atoms with Crippen molar-refractivity contribution in [2.75, 3.05) is 6.54 Å². The van der Waals surface area contributed by atoms with Crippen LogP contribution in [-0.2, 0) is 0 Å². The van der Waals surface area contributed by atoms with E-state index in [-0.39, 0.29) is 18.6 Å². The molecule has 1 aromatic carbocycles. The first-order valence-corrected chi connectivity index (χ1v) is 7.49. The molecule has 22 heavy (non-hydrogen) atoms. The standard InChI is InChI=1S/C16H19ClN2O3/c1-2-13(11-5-3-6-12(17)9-11)19-16(21)18-10-14(20)15-7-4-8-22-15/h3-9,13-14,20H,2,10H2,1H3,(H2,18,19,21). The minimum atomic E-state index is -0.869. The third-order valence-electron chi connectivity index (χ3n) is 3.29. The van der Waals surface area contributed by atoms with E-state index in [1.165, 1.54) is 6.26 Å². The zero-order valence-electron chi connectivity index (χ0n) is 12.3. The second-order valence-corrected chi connectivity index (χ2v) is 5.34. The van der Waals surface area contributed by atoms with E-state index in [0.717, 1.165) is 12.0 Å². The molecule has 0 aliphatic heterocycles. The van der Waals surface area contributed by atoms with Gasteiger partial charge in [-0.15, -0.1) is 0 Å². The van der Waals surface area contributed by atoms with Crippen LogP contribution in [0.25, 0.3) is 0 Å². The van der Waals surface area contributed by atoms with E-state index in [9.17, 15) is 9.90 Å². The molecule has 0 bridgehead atoms. The number of halogens is 1. The van der Waals surface area contributed by atoms with Gasteiger partial charge in [0.15, 0.2) is 0 Å². The molecule has 0 aliphatic carbocycles. The lowest BCUT2D eigenvalue weighted by atomic mass is 10.1. The van der Waals surface area contributed by atoms with Crippen molar-refractivity contribution in [3.8, 4) is 0 Å². The Bertz CT molecular complexity index is 601. The lowest BCUT2D eigenvalue weighted by Gasteiger charge is -2.19. The molecule has 3 N–H and O–H groups in total. The van der Waals surface area contributed by atoms with Gasteiger partial charge in [-0.1, -0.05) is 30.7 Å². The predicted octanol–water partition coefficient (Wildman–Crippen LogP) is 3.42. The lowest BCUT2D eigenvalue weighted by molar-refractivity contribution is 0.147. The van der Waals surface area contributed by atoms with Crippen LogP contribution in [0.1, 0.15) is 36.8 Å². The number of urea groups is 1. The molecular formula is C16H19ClN2O3. The Morgan fingerprint density at radius 2 is 2.18 bits per heavy atom. The average Bonchev–Trinajstić information content (AvgIpc) is 3.04. The fourth-order valence-corrected chi connectivity index (χ4v) is 2.32. The molecule has 118 valence electrons. The van der Waals surface area contributed by atoms with Gasteiger partial charge in [0.1, 0.15) is 11.9 Å². The zero-order valence-corrected chi connectivity index (χ0v) is 13.0. The SMILES string of the molecule is CCC(NC(=O)NCC(O)c1ccco1)c1cccc(Cl)c1. The van der Waals surface area contributed by atoms with Gasteiger partial charge in [0, 0.05) is 5.02 Å². The van der Waals surface area contributed by atoms with E-state index in [1.54, 1.807) is 18.2 Å². The van der Waals surface area contributed by atoms with Crippen LogP contribution in [0.5, 0.6) is 0 Å². The van der Waals surface area contributed by atoms with Gasteiger partial charge in [0.05, 0.1) is 18.8 Å². The van der Waals surface area contributed by atoms with Gasteiger partial charge in [-0.3, -0.25) is 0 Å². The molecule has 6 heteroatoms. The van der Waals surface area contributed by atoms with Crippen LogP contribution < -0.4 is 10.6 Å². The average molecular weight is 323 g/mol. The number of rotatable bonds is 6. The maximum Gasteiger partial charge on any atom is 0.315 e. The van der Waals surface area contributed by atoms with Gasteiger partial charge in [-0.05, 0) is 36.2 Å². The second-order valence-electron chi connectivity index (χ2n) is 4.90. The molecule has 5 nitrogen and oxygen atoms in total. The van der Waals surface area contributed by atoms with Crippen LogP contribution in [0.15, 0.2) is 47.1 Å². The van der Waals surface area contributed by atoms with Crippen LogP contribution in [0.2, 0.25) is 5.02 Å². The third kappa shape index (κ3) is 4.51. The van der Waals surface area contributed by atoms with E-state index in [1.807, 2.05) is 25.1 Å². The van der Waals surface area contributed by atoms with E-state index in [2.05, 4.69) is 10.6 Å². The van der Waals surface area contributed by atoms with Crippen LogP contribution in [0.3, 0.4) is 0 Å². The lowest BCUT2D eigenvalue weighted by Crippen LogP contribution is -2.39. The van der Waals surface area contributed by atoms with Crippen molar-refractivity contribution in [2.24, 2.45) is 0 Å². The number of hydrogen-bond donors (Lipinski definition) is 3. The summed E-state index contributed by atoms with van der Waals surface area (Å²) in [6.45, 7) is 2.05. The Balaban J connectivity index is 1.87. The Hall–Kier alpha value is -1.98. The highest BCUT2D eigenvalue weighted by molar-refractivity contribution is 6.30. The normalized spacial score (nSPS) is 13.4. The quantitative estimate of drug-likeness (QED) is 0.763. The molecular weight excluding hydrogens is 304 g/mol. The first kappa shape index (κ1) is 16.4. The van der Waals surface area contributed by atoms with Crippen molar-refractivity contribution in [2.45, 2.75) is 25.5 Å². The molecule has 1 aromatic heterocycles. The fourth-order valence-electron chi connectivity index (χ4n) is 2.12. The summed E-state index contributed by atoms with van der Waals surface area (Å²) in [5.74, 6) is 0.419. The Kier molecular flexibility index (Phi) is 5.86. The summed E-state index contributed by atoms with van der Waals surface area (Å²) < 4.78 is 5.08. The van der Waals surface area contributed by atoms with E-state index in [0.29, 0.717) is 10.8 Å². The summed E-state index contributed by atoms with van der Waals surface area (Å²) in [5.41, 5.74) is 0.941. The molecule has 1 heterocycles. The highest BCUT2D eigenvalue weighted by Gasteiger charge is 2.15. The van der Waals surface area contributed by atoms with Crippen molar-refractivity contribution >= 4 is 17.6 Å². The monoisotopic (exact) mass is 322 g/mol. The van der Waals surface area contributed by atoms with E-state index < -0.39 is 6.10 Å².